The van der Waals surface area contributed by atoms with Gasteiger partial charge in [-0.1, -0.05) is 24.3 Å². The van der Waals surface area contributed by atoms with Gasteiger partial charge in [0.15, 0.2) is 0 Å². The number of hydrogen-bond donors (Lipinski definition) is 2. The van der Waals surface area contributed by atoms with Crippen molar-refractivity contribution in [2.75, 3.05) is 0 Å². The fourth-order valence-electron chi connectivity index (χ4n) is 1.76. The first-order chi connectivity index (χ1) is 10.0. The lowest BCUT2D eigenvalue weighted by molar-refractivity contribution is -0.394. The van der Waals surface area contributed by atoms with Crippen molar-refractivity contribution in [3.63, 3.8) is 0 Å². The molecule has 21 heavy (non-hydrogen) atoms. The maximum Gasteiger partial charge on any atom is 0.492 e. The average molecular weight is 355 g/mol. The summed E-state index contributed by atoms with van der Waals surface area (Å²) in [4.78, 5) is 25.0. The zero-order valence-corrected chi connectivity index (χ0v) is 12.3. The van der Waals surface area contributed by atoms with Crippen LogP contribution in [0, 0.1) is 10.1 Å². The number of halogens is 1. The van der Waals surface area contributed by atoms with Crippen LogP contribution >= 0.6 is 15.9 Å². The Balaban J connectivity index is 2.27. The van der Waals surface area contributed by atoms with Crippen LogP contribution < -0.4 is 11.3 Å². The lowest BCUT2D eigenvalue weighted by Crippen LogP contribution is -2.31. The Morgan fingerprint density at radius 3 is 2.67 bits per heavy atom. The summed E-state index contributed by atoms with van der Waals surface area (Å²) in [5.41, 5.74) is 3.61. The van der Waals surface area contributed by atoms with E-state index in [4.69, 9.17) is 5.84 Å². The van der Waals surface area contributed by atoms with Crippen LogP contribution in [-0.2, 0) is 17.8 Å². The largest absolute Gasteiger partial charge is 0.492 e. The maximum absolute atomic E-state index is 11.4. The molecule has 0 aliphatic heterocycles. The molecule has 1 aromatic carbocycles. The monoisotopic (exact) mass is 354 g/mol. The number of carbonyl (C=O) groups excluding carboxylic acids is 1. The molecule has 0 radical (unpaired) electrons. The van der Waals surface area contributed by atoms with Crippen molar-refractivity contribution < 1.29 is 9.72 Å². The summed E-state index contributed by atoms with van der Waals surface area (Å²) in [5.74, 6) is 4.26. The van der Waals surface area contributed by atoms with E-state index in [0.717, 1.165) is 11.1 Å². The first kappa shape index (κ1) is 15.1. The SMILES string of the molecule is NNC(=O)Cc1ccccc1Cn1nc([N+](=O)[O-])nc1Br. The van der Waals surface area contributed by atoms with Crippen LogP contribution in [0.1, 0.15) is 11.1 Å². The van der Waals surface area contributed by atoms with E-state index < -0.39 is 10.9 Å². The lowest BCUT2D eigenvalue weighted by atomic mass is 10.0. The third-order valence-electron chi connectivity index (χ3n) is 2.73. The van der Waals surface area contributed by atoms with Gasteiger partial charge in [-0.05, 0) is 21.0 Å². The fourth-order valence-corrected chi connectivity index (χ4v) is 2.12. The third kappa shape index (κ3) is 3.61. The summed E-state index contributed by atoms with van der Waals surface area (Å²) < 4.78 is 1.59. The predicted octanol–water partition coefficient (Wildman–Crippen LogP) is 0.529. The molecule has 110 valence electrons. The quantitative estimate of drug-likeness (QED) is 0.348. The minimum Gasteiger partial charge on any atom is -0.390 e. The van der Waals surface area contributed by atoms with Gasteiger partial charge in [-0.3, -0.25) is 10.2 Å². The van der Waals surface area contributed by atoms with Crippen molar-refractivity contribution in [1.29, 1.82) is 0 Å². The molecule has 0 atom stereocenters. The zero-order valence-electron chi connectivity index (χ0n) is 10.7. The van der Waals surface area contributed by atoms with Gasteiger partial charge in [0, 0.05) is 21.0 Å². The highest BCUT2D eigenvalue weighted by Gasteiger charge is 2.20. The molecule has 9 nitrogen and oxygen atoms in total. The second kappa shape index (κ2) is 6.41. The molecule has 0 aliphatic rings. The van der Waals surface area contributed by atoms with Gasteiger partial charge in [0.2, 0.25) is 5.91 Å². The van der Waals surface area contributed by atoms with Crippen LogP contribution in [0.5, 0.6) is 0 Å². The van der Waals surface area contributed by atoms with Crippen molar-refractivity contribution in [1.82, 2.24) is 20.2 Å². The molecule has 0 saturated heterocycles. The number of aromatic nitrogens is 3. The molecule has 0 fully saturated rings. The van der Waals surface area contributed by atoms with Crippen LogP contribution in [0.4, 0.5) is 5.95 Å². The van der Waals surface area contributed by atoms with Crippen molar-refractivity contribution in [3.05, 3.63) is 50.2 Å². The normalized spacial score (nSPS) is 10.4. The molecular weight excluding hydrogens is 344 g/mol. The van der Waals surface area contributed by atoms with Crippen molar-refractivity contribution >= 4 is 27.8 Å². The summed E-state index contributed by atoms with van der Waals surface area (Å²) in [6.45, 7) is 0.245. The van der Waals surface area contributed by atoms with Crippen LogP contribution in [-0.4, -0.2) is 25.6 Å². The van der Waals surface area contributed by atoms with E-state index in [2.05, 4.69) is 31.4 Å². The fraction of sp³-hybridized carbons (Fsp3) is 0.182. The van der Waals surface area contributed by atoms with Gasteiger partial charge in [-0.15, -0.1) is 0 Å². The standard InChI is InChI=1S/C11H11BrN6O3/c12-10-14-11(18(20)21)16-17(10)6-8-4-2-1-3-7(8)5-9(19)15-13/h1-4H,5-6,13H2,(H,15,19). The van der Waals surface area contributed by atoms with Crippen molar-refractivity contribution in [2.24, 2.45) is 5.84 Å². The Morgan fingerprint density at radius 1 is 1.43 bits per heavy atom. The molecular formula is C11H11BrN6O3. The van der Waals surface area contributed by atoms with Gasteiger partial charge in [-0.2, -0.15) is 4.68 Å². The summed E-state index contributed by atoms with van der Waals surface area (Å²) in [7, 11) is 0. The molecule has 1 aromatic heterocycles. The minimum absolute atomic E-state index is 0.112. The lowest BCUT2D eigenvalue weighted by Gasteiger charge is -2.07. The number of hydrogen-bond acceptors (Lipinski definition) is 6. The number of benzene rings is 1. The zero-order chi connectivity index (χ0) is 15.4. The minimum atomic E-state index is -0.672. The van der Waals surface area contributed by atoms with Gasteiger partial charge < -0.3 is 10.1 Å². The Hall–Kier alpha value is -2.33. The molecule has 0 bridgehead atoms. The van der Waals surface area contributed by atoms with E-state index in [1.54, 1.807) is 24.3 Å². The van der Waals surface area contributed by atoms with Crippen molar-refractivity contribution in [3.8, 4) is 0 Å². The highest BCUT2D eigenvalue weighted by atomic mass is 79.9. The molecule has 0 spiro atoms. The number of nitrogens with zero attached hydrogens (tertiary/aromatic N) is 4. The topological polar surface area (TPSA) is 129 Å². The van der Waals surface area contributed by atoms with Crippen molar-refractivity contribution in [2.45, 2.75) is 13.0 Å². The predicted molar refractivity (Wildman–Crippen MR) is 76.0 cm³/mol. The first-order valence-corrected chi connectivity index (χ1v) is 6.61. The Kier molecular flexibility index (Phi) is 4.60. The van der Waals surface area contributed by atoms with E-state index in [-0.39, 0.29) is 23.6 Å². The van der Waals surface area contributed by atoms with Gasteiger partial charge in [0.1, 0.15) is 0 Å². The molecule has 2 rings (SSSR count). The highest BCUT2D eigenvalue weighted by Crippen LogP contribution is 2.17. The smallest absolute Gasteiger partial charge is 0.390 e. The van der Waals surface area contributed by atoms with E-state index >= 15 is 0 Å². The molecule has 1 heterocycles. The molecule has 2 aromatic rings. The Bertz CT molecular complexity index is 686. The van der Waals surface area contributed by atoms with Gasteiger partial charge in [-0.25, -0.2) is 5.84 Å². The first-order valence-electron chi connectivity index (χ1n) is 5.82. The van der Waals surface area contributed by atoms with Gasteiger partial charge in [0.25, 0.3) is 4.73 Å². The van der Waals surface area contributed by atoms with E-state index in [1.165, 1.54) is 4.68 Å². The van der Waals surface area contributed by atoms with Gasteiger partial charge in [0.05, 0.1) is 13.0 Å². The Morgan fingerprint density at radius 2 is 2.10 bits per heavy atom. The second-order valence-electron chi connectivity index (χ2n) is 4.11. The molecule has 0 aliphatic carbocycles. The molecule has 0 unspecified atom stereocenters. The number of nitrogens with two attached hydrogens (primary N) is 1. The summed E-state index contributed by atoms with van der Waals surface area (Å²) in [5, 5.41) is 14.4. The average Bonchev–Trinajstić information content (AvgIpc) is 2.82. The van der Waals surface area contributed by atoms with Crippen LogP contribution in [0.3, 0.4) is 0 Å². The molecule has 1 amide bonds. The van der Waals surface area contributed by atoms with Gasteiger partial charge >= 0.3 is 5.95 Å². The number of nitrogens with one attached hydrogen (secondary N) is 1. The number of nitro groups is 1. The van der Waals surface area contributed by atoms with Crippen LogP contribution in [0.2, 0.25) is 0 Å². The third-order valence-corrected chi connectivity index (χ3v) is 3.32. The second-order valence-corrected chi connectivity index (χ2v) is 4.82. The summed E-state index contributed by atoms with van der Waals surface area (Å²) >= 11 is 3.12. The highest BCUT2D eigenvalue weighted by molar-refractivity contribution is 9.10. The molecule has 10 heteroatoms. The number of rotatable bonds is 5. The van der Waals surface area contributed by atoms with Crippen LogP contribution in [0.25, 0.3) is 0 Å². The van der Waals surface area contributed by atoms with E-state index in [0.29, 0.717) is 0 Å². The summed E-state index contributed by atoms with van der Waals surface area (Å²) in [6, 6.07) is 7.18. The summed E-state index contributed by atoms with van der Waals surface area (Å²) in [6.07, 6.45) is 0.112. The number of amides is 1. The molecule has 3 N–H and O–H groups in total. The Labute approximate surface area is 127 Å². The maximum atomic E-state index is 11.4. The number of carbonyl (C=O) groups is 1. The molecule has 0 saturated carbocycles. The van der Waals surface area contributed by atoms with Crippen LogP contribution in [0.15, 0.2) is 29.0 Å². The van der Waals surface area contributed by atoms with E-state index in [9.17, 15) is 14.9 Å². The number of hydrazine groups is 1. The van der Waals surface area contributed by atoms with E-state index in [1.807, 2.05) is 0 Å².